The third kappa shape index (κ3) is 5.24. The molecule has 4 N–H and O–H groups in total. The summed E-state index contributed by atoms with van der Waals surface area (Å²) in [6.45, 7) is 2.34. The summed E-state index contributed by atoms with van der Waals surface area (Å²) in [6.07, 6.45) is 7.60. The van der Waals surface area contributed by atoms with Crippen LogP contribution < -0.4 is 11.0 Å². The first-order valence-corrected chi connectivity index (χ1v) is 13.8. The Labute approximate surface area is 240 Å². The van der Waals surface area contributed by atoms with Gasteiger partial charge >= 0.3 is 5.69 Å². The summed E-state index contributed by atoms with van der Waals surface area (Å²) in [5.74, 6) is -0.384. The van der Waals surface area contributed by atoms with Crippen molar-refractivity contribution >= 4 is 34.1 Å². The molecule has 1 amide bonds. The molecule has 2 aromatic carbocycles. The highest BCUT2D eigenvalue weighted by atomic mass is 35.5. The number of benzene rings is 2. The Morgan fingerprint density at radius 3 is 2.85 bits per heavy atom. The second kappa shape index (κ2) is 11.0. The first-order valence-electron chi connectivity index (χ1n) is 13.4. The Kier molecular flexibility index (Phi) is 7.11. The number of carbonyl (C=O) groups is 1. The van der Waals surface area contributed by atoms with Gasteiger partial charge in [0.25, 0.3) is 5.91 Å². The zero-order valence-electron chi connectivity index (χ0n) is 22.4. The largest absolute Gasteiger partial charge is 0.493 e. The topological polar surface area (TPSA) is 120 Å². The predicted octanol–water partition coefficient (Wildman–Crippen LogP) is 4.78. The van der Waals surface area contributed by atoms with Gasteiger partial charge in [0.2, 0.25) is 5.88 Å². The van der Waals surface area contributed by atoms with E-state index in [1.54, 1.807) is 12.1 Å². The van der Waals surface area contributed by atoms with Crippen LogP contribution in [-0.4, -0.2) is 41.5 Å². The van der Waals surface area contributed by atoms with Crippen LogP contribution in [0.2, 0.25) is 5.02 Å². The molecule has 41 heavy (non-hydrogen) atoms. The molecule has 10 heteroatoms. The van der Waals surface area contributed by atoms with E-state index in [1.807, 2.05) is 68.0 Å². The average Bonchev–Trinajstić information content (AvgIpc) is 3.65. The molecule has 6 aromatic rings. The Morgan fingerprint density at radius 1 is 1.10 bits per heavy atom. The maximum Gasteiger partial charge on any atom is 0.328 e. The quantitative estimate of drug-likeness (QED) is 0.201. The van der Waals surface area contributed by atoms with Gasteiger partial charge in [-0.1, -0.05) is 35.9 Å². The standard InChI is InChI=1S/C31H29ClN6O3/c1-19-8-9-21(15-20(19)10-11-23-18-34-27-7-2-3-13-37(23)27)29(39)33-12-14-38-30(40)26(36-31(38)41)16-22-17-35-28-24(22)5-4-6-25(28)32/h2-9,13,15,17-18,35,40H,10-12,14,16H2,1H3,(H,33,39)(H,36,41). The molecule has 0 bridgehead atoms. The average molecular weight is 569 g/mol. The van der Waals surface area contributed by atoms with E-state index in [2.05, 4.69) is 24.7 Å². The summed E-state index contributed by atoms with van der Waals surface area (Å²) in [5.41, 5.74) is 6.45. The van der Waals surface area contributed by atoms with Crippen molar-refractivity contribution in [2.45, 2.75) is 32.7 Å². The molecule has 9 nitrogen and oxygen atoms in total. The first-order chi connectivity index (χ1) is 19.9. The van der Waals surface area contributed by atoms with Crippen LogP contribution >= 0.6 is 11.6 Å². The Morgan fingerprint density at radius 2 is 1.98 bits per heavy atom. The third-order valence-electron chi connectivity index (χ3n) is 7.52. The smallest absolute Gasteiger partial charge is 0.328 e. The zero-order valence-corrected chi connectivity index (χ0v) is 23.2. The number of aromatic nitrogens is 5. The fraction of sp³-hybridized carbons (Fsp3) is 0.194. The molecular weight excluding hydrogens is 540 g/mol. The minimum absolute atomic E-state index is 0.125. The molecule has 0 aliphatic rings. The van der Waals surface area contributed by atoms with Gasteiger partial charge in [-0.25, -0.2) is 9.78 Å². The molecule has 208 valence electrons. The summed E-state index contributed by atoms with van der Waals surface area (Å²) in [5, 5.41) is 15.2. The van der Waals surface area contributed by atoms with E-state index in [1.165, 1.54) is 4.57 Å². The number of carbonyl (C=O) groups excluding carboxylic acids is 1. The molecule has 0 radical (unpaired) electrons. The monoisotopic (exact) mass is 568 g/mol. The van der Waals surface area contributed by atoms with E-state index in [4.69, 9.17) is 11.6 Å². The first kappa shape index (κ1) is 26.5. The highest BCUT2D eigenvalue weighted by Crippen LogP contribution is 2.28. The Bertz CT molecular complexity index is 1950. The summed E-state index contributed by atoms with van der Waals surface area (Å²) in [6, 6.07) is 17.2. The molecule has 0 spiro atoms. The number of halogens is 1. The zero-order chi connectivity index (χ0) is 28.5. The van der Waals surface area contributed by atoms with Gasteiger partial charge in [-0.15, -0.1) is 0 Å². The molecule has 0 saturated heterocycles. The van der Waals surface area contributed by atoms with Crippen LogP contribution in [0.5, 0.6) is 5.88 Å². The second-order valence-corrected chi connectivity index (χ2v) is 10.5. The summed E-state index contributed by atoms with van der Waals surface area (Å²) in [4.78, 5) is 35.9. The molecule has 0 unspecified atom stereocenters. The number of aromatic hydroxyl groups is 1. The summed E-state index contributed by atoms with van der Waals surface area (Å²) >= 11 is 6.25. The molecule has 4 aromatic heterocycles. The van der Waals surface area contributed by atoms with Crippen LogP contribution in [0.1, 0.15) is 38.4 Å². The number of para-hydroxylation sites is 1. The number of hydrogen-bond donors (Lipinski definition) is 4. The SMILES string of the molecule is Cc1ccc(C(=O)NCCn2c(O)c(Cc3c[nH]c4c(Cl)cccc34)[nH]c2=O)cc1CCc1cnc2ccccn12. The van der Waals surface area contributed by atoms with Gasteiger partial charge in [0.05, 0.1) is 16.2 Å². The van der Waals surface area contributed by atoms with Crippen molar-refractivity contribution in [3.8, 4) is 5.88 Å². The van der Waals surface area contributed by atoms with Crippen molar-refractivity contribution in [1.82, 2.24) is 29.2 Å². The lowest BCUT2D eigenvalue weighted by molar-refractivity contribution is 0.0951. The van der Waals surface area contributed by atoms with E-state index < -0.39 is 5.69 Å². The van der Waals surface area contributed by atoms with Gasteiger partial charge in [-0.2, -0.15) is 0 Å². The van der Waals surface area contributed by atoms with E-state index in [0.717, 1.165) is 51.8 Å². The van der Waals surface area contributed by atoms with Crippen LogP contribution in [-0.2, 0) is 25.8 Å². The molecule has 0 atom stereocenters. The minimum Gasteiger partial charge on any atom is -0.493 e. The number of amides is 1. The number of aromatic amines is 2. The molecular formula is C31H29ClN6O3. The summed E-state index contributed by atoms with van der Waals surface area (Å²) in [7, 11) is 0. The number of nitrogens with one attached hydrogen (secondary N) is 3. The maximum absolute atomic E-state index is 12.9. The highest BCUT2D eigenvalue weighted by Gasteiger charge is 2.16. The van der Waals surface area contributed by atoms with Crippen molar-refractivity contribution in [3.63, 3.8) is 0 Å². The van der Waals surface area contributed by atoms with Gasteiger partial charge in [0.1, 0.15) is 5.65 Å². The molecule has 0 aliphatic carbocycles. The van der Waals surface area contributed by atoms with Crippen molar-refractivity contribution in [1.29, 1.82) is 0 Å². The third-order valence-corrected chi connectivity index (χ3v) is 7.84. The van der Waals surface area contributed by atoms with Gasteiger partial charge in [0.15, 0.2) is 0 Å². The number of rotatable bonds is 9. The number of hydrogen-bond acceptors (Lipinski definition) is 4. The van der Waals surface area contributed by atoms with Crippen LogP contribution in [0.4, 0.5) is 0 Å². The maximum atomic E-state index is 12.9. The number of fused-ring (bicyclic) bond motifs is 2. The molecule has 0 fully saturated rings. The van der Waals surface area contributed by atoms with Gasteiger partial charge in [-0.3, -0.25) is 9.36 Å². The van der Waals surface area contributed by atoms with Crippen molar-refractivity contribution in [3.05, 3.63) is 122 Å². The van der Waals surface area contributed by atoms with Crippen LogP contribution in [0.3, 0.4) is 0 Å². The fourth-order valence-electron chi connectivity index (χ4n) is 5.25. The van der Waals surface area contributed by atoms with Gasteiger partial charge in [-0.05, 0) is 66.8 Å². The number of pyridine rings is 1. The van der Waals surface area contributed by atoms with Crippen LogP contribution in [0.15, 0.2) is 78.0 Å². The lowest BCUT2D eigenvalue weighted by Crippen LogP contribution is -2.30. The van der Waals surface area contributed by atoms with Crippen molar-refractivity contribution in [2.24, 2.45) is 0 Å². The number of aryl methyl sites for hydroxylation is 3. The summed E-state index contributed by atoms with van der Waals surface area (Å²) < 4.78 is 3.31. The van der Waals surface area contributed by atoms with E-state index in [9.17, 15) is 14.7 Å². The van der Waals surface area contributed by atoms with E-state index in [0.29, 0.717) is 22.7 Å². The minimum atomic E-state index is -0.436. The van der Waals surface area contributed by atoms with Crippen molar-refractivity contribution < 1.29 is 9.90 Å². The molecule has 4 heterocycles. The van der Waals surface area contributed by atoms with E-state index in [-0.39, 0.29) is 24.9 Å². The lowest BCUT2D eigenvalue weighted by atomic mass is 10.00. The Hall–Kier alpha value is -4.76. The number of H-pyrrole nitrogens is 2. The normalized spacial score (nSPS) is 11.5. The molecule has 0 saturated carbocycles. The second-order valence-electron chi connectivity index (χ2n) is 10.1. The van der Waals surface area contributed by atoms with E-state index >= 15 is 0 Å². The molecule has 0 aliphatic heterocycles. The predicted molar refractivity (Wildman–Crippen MR) is 159 cm³/mol. The Balaban J connectivity index is 1.09. The molecule has 6 rings (SSSR count). The van der Waals surface area contributed by atoms with Crippen LogP contribution in [0, 0.1) is 6.92 Å². The van der Waals surface area contributed by atoms with Crippen LogP contribution in [0.25, 0.3) is 16.6 Å². The lowest BCUT2D eigenvalue weighted by Gasteiger charge is -2.10. The number of nitrogens with zero attached hydrogens (tertiary/aromatic N) is 3. The number of imidazole rings is 2. The van der Waals surface area contributed by atoms with Crippen molar-refractivity contribution in [2.75, 3.05) is 6.54 Å². The van der Waals surface area contributed by atoms with Gasteiger partial charge < -0.3 is 24.8 Å². The highest BCUT2D eigenvalue weighted by molar-refractivity contribution is 6.35. The fourth-order valence-corrected chi connectivity index (χ4v) is 5.48. The van der Waals surface area contributed by atoms with Gasteiger partial charge in [0, 0.05) is 54.7 Å².